The third-order valence-electron chi connectivity index (χ3n) is 0.995. The van der Waals surface area contributed by atoms with Gasteiger partial charge in [-0.1, -0.05) is 13.0 Å². The zero-order chi connectivity index (χ0) is 9.40. The predicted octanol–water partition coefficient (Wildman–Crippen LogP) is 0.970. The topological polar surface area (TPSA) is 63.6 Å². The number of carboxylic acid groups (broad SMARTS) is 1. The van der Waals surface area contributed by atoms with Crippen LogP contribution in [0.3, 0.4) is 0 Å². The predicted molar refractivity (Wildman–Crippen MR) is 42.6 cm³/mol. The molecule has 0 radical (unpaired) electrons. The SMILES string of the molecule is CCCOC(=O)C=CCC(=O)O. The summed E-state index contributed by atoms with van der Waals surface area (Å²) >= 11 is 0. The van der Waals surface area contributed by atoms with E-state index < -0.39 is 11.9 Å². The van der Waals surface area contributed by atoms with Gasteiger partial charge in [-0.05, 0) is 6.42 Å². The summed E-state index contributed by atoms with van der Waals surface area (Å²) < 4.78 is 4.65. The second kappa shape index (κ2) is 6.39. The van der Waals surface area contributed by atoms with E-state index in [1.54, 1.807) is 0 Å². The summed E-state index contributed by atoms with van der Waals surface area (Å²) in [5.74, 6) is -1.45. The molecule has 0 saturated heterocycles. The lowest BCUT2D eigenvalue weighted by atomic mass is 10.4. The molecule has 0 aliphatic heterocycles. The molecule has 1 N–H and O–H groups in total. The molecule has 68 valence electrons. The molecule has 0 atom stereocenters. The molecule has 0 aliphatic carbocycles. The third kappa shape index (κ3) is 6.80. The number of rotatable bonds is 5. The van der Waals surface area contributed by atoms with Crippen molar-refractivity contribution in [2.24, 2.45) is 0 Å². The Morgan fingerprint density at radius 1 is 1.50 bits per heavy atom. The summed E-state index contributed by atoms with van der Waals surface area (Å²) in [5.41, 5.74) is 0. The van der Waals surface area contributed by atoms with Crippen LogP contribution >= 0.6 is 0 Å². The lowest BCUT2D eigenvalue weighted by Crippen LogP contribution is -2.01. The molecule has 0 aromatic rings. The van der Waals surface area contributed by atoms with E-state index in [-0.39, 0.29) is 6.42 Å². The molecule has 4 nitrogen and oxygen atoms in total. The van der Waals surface area contributed by atoms with Gasteiger partial charge in [-0.15, -0.1) is 0 Å². The number of carbonyl (C=O) groups is 2. The first-order valence-electron chi connectivity index (χ1n) is 3.72. The highest BCUT2D eigenvalue weighted by molar-refractivity contribution is 5.82. The summed E-state index contributed by atoms with van der Waals surface area (Å²) in [4.78, 5) is 20.7. The van der Waals surface area contributed by atoms with Gasteiger partial charge in [0.2, 0.25) is 0 Å². The third-order valence-corrected chi connectivity index (χ3v) is 0.995. The van der Waals surface area contributed by atoms with E-state index in [0.717, 1.165) is 12.5 Å². The molecule has 0 heterocycles. The summed E-state index contributed by atoms with van der Waals surface area (Å²) in [7, 11) is 0. The summed E-state index contributed by atoms with van der Waals surface area (Å²) in [5, 5.41) is 8.20. The van der Waals surface area contributed by atoms with Crippen LogP contribution in [0.25, 0.3) is 0 Å². The minimum absolute atomic E-state index is 0.152. The van der Waals surface area contributed by atoms with E-state index in [4.69, 9.17) is 5.11 Å². The van der Waals surface area contributed by atoms with Crippen molar-refractivity contribution in [3.63, 3.8) is 0 Å². The Bertz CT molecular complexity index is 183. The van der Waals surface area contributed by atoms with Crippen LogP contribution in [-0.4, -0.2) is 23.7 Å². The fraction of sp³-hybridized carbons (Fsp3) is 0.500. The maximum Gasteiger partial charge on any atom is 0.330 e. The Hall–Kier alpha value is -1.32. The molecule has 0 aromatic carbocycles. The number of esters is 1. The number of ether oxygens (including phenoxy) is 1. The standard InChI is InChI=1S/C8H12O4/c1-2-6-12-8(11)5-3-4-7(9)10/h3,5H,2,4,6H2,1H3,(H,9,10). The van der Waals surface area contributed by atoms with Gasteiger partial charge in [0, 0.05) is 6.08 Å². The Kier molecular flexibility index (Phi) is 5.69. The Morgan fingerprint density at radius 3 is 2.67 bits per heavy atom. The summed E-state index contributed by atoms with van der Waals surface area (Å²) in [6.07, 6.45) is 3.00. The van der Waals surface area contributed by atoms with Crippen LogP contribution in [-0.2, 0) is 14.3 Å². The van der Waals surface area contributed by atoms with E-state index in [2.05, 4.69) is 4.74 Å². The number of aliphatic carboxylic acids is 1. The second-order valence-corrected chi connectivity index (χ2v) is 2.17. The second-order valence-electron chi connectivity index (χ2n) is 2.17. The van der Waals surface area contributed by atoms with Gasteiger partial charge in [-0.25, -0.2) is 4.79 Å². The van der Waals surface area contributed by atoms with Crippen LogP contribution in [0.15, 0.2) is 12.2 Å². The number of carbonyl (C=O) groups excluding carboxylic acids is 1. The number of hydrogen-bond donors (Lipinski definition) is 1. The van der Waals surface area contributed by atoms with Crippen LogP contribution in [0.5, 0.6) is 0 Å². The van der Waals surface area contributed by atoms with Gasteiger partial charge in [0.05, 0.1) is 13.0 Å². The summed E-state index contributed by atoms with van der Waals surface area (Å²) in [6, 6.07) is 0. The van der Waals surface area contributed by atoms with Gasteiger partial charge in [0.25, 0.3) is 0 Å². The largest absolute Gasteiger partial charge is 0.481 e. The van der Waals surface area contributed by atoms with Crippen LogP contribution in [0, 0.1) is 0 Å². The molecule has 0 spiro atoms. The average Bonchev–Trinajstić information content (AvgIpc) is 2.00. The van der Waals surface area contributed by atoms with Gasteiger partial charge in [-0.3, -0.25) is 4.79 Å². The maximum absolute atomic E-state index is 10.7. The highest BCUT2D eigenvalue weighted by Crippen LogP contribution is 1.87. The zero-order valence-corrected chi connectivity index (χ0v) is 6.95. The van der Waals surface area contributed by atoms with Crippen molar-refractivity contribution >= 4 is 11.9 Å². The van der Waals surface area contributed by atoms with Crippen LogP contribution in [0.4, 0.5) is 0 Å². The van der Waals surface area contributed by atoms with Crippen molar-refractivity contribution in [3.05, 3.63) is 12.2 Å². The first-order chi connectivity index (χ1) is 5.66. The lowest BCUT2D eigenvalue weighted by molar-refractivity contribution is -0.137. The molecule has 0 saturated carbocycles. The average molecular weight is 172 g/mol. The fourth-order valence-electron chi connectivity index (χ4n) is 0.507. The number of hydrogen-bond acceptors (Lipinski definition) is 3. The maximum atomic E-state index is 10.7. The fourth-order valence-corrected chi connectivity index (χ4v) is 0.507. The molecule has 0 aliphatic rings. The molecular weight excluding hydrogens is 160 g/mol. The lowest BCUT2D eigenvalue weighted by Gasteiger charge is -1.96. The van der Waals surface area contributed by atoms with Crippen molar-refractivity contribution in [2.75, 3.05) is 6.61 Å². The van der Waals surface area contributed by atoms with E-state index in [0.29, 0.717) is 6.61 Å². The van der Waals surface area contributed by atoms with Crippen LogP contribution in [0.1, 0.15) is 19.8 Å². The molecule has 12 heavy (non-hydrogen) atoms. The zero-order valence-electron chi connectivity index (χ0n) is 6.95. The van der Waals surface area contributed by atoms with Gasteiger partial charge >= 0.3 is 11.9 Å². The normalized spacial score (nSPS) is 10.1. The minimum Gasteiger partial charge on any atom is -0.481 e. The number of carboxylic acids is 1. The van der Waals surface area contributed by atoms with E-state index >= 15 is 0 Å². The highest BCUT2D eigenvalue weighted by atomic mass is 16.5. The van der Waals surface area contributed by atoms with Crippen molar-refractivity contribution in [3.8, 4) is 0 Å². The molecule has 0 fully saturated rings. The van der Waals surface area contributed by atoms with Crippen molar-refractivity contribution in [2.45, 2.75) is 19.8 Å². The molecular formula is C8H12O4. The van der Waals surface area contributed by atoms with Gasteiger partial charge in [-0.2, -0.15) is 0 Å². The highest BCUT2D eigenvalue weighted by Gasteiger charge is 1.95. The first kappa shape index (κ1) is 10.7. The quantitative estimate of drug-likeness (QED) is 0.495. The molecule has 0 bridgehead atoms. The Balaban J connectivity index is 3.54. The molecule has 4 heteroatoms. The van der Waals surface area contributed by atoms with Crippen LogP contribution in [0.2, 0.25) is 0 Å². The molecule has 0 unspecified atom stereocenters. The smallest absolute Gasteiger partial charge is 0.330 e. The van der Waals surface area contributed by atoms with E-state index in [9.17, 15) is 9.59 Å². The van der Waals surface area contributed by atoms with Crippen molar-refractivity contribution < 1.29 is 19.4 Å². The van der Waals surface area contributed by atoms with Gasteiger partial charge in [0.15, 0.2) is 0 Å². The van der Waals surface area contributed by atoms with Gasteiger partial charge in [0.1, 0.15) is 0 Å². The molecule has 0 amide bonds. The van der Waals surface area contributed by atoms with Gasteiger partial charge < -0.3 is 9.84 Å². The van der Waals surface area contributed by atoms with E-state index in [1.165, 1.54) is 6.08 Å². The summed E-state index contributed by atoms with van der Waals surface area (Å²) in [6.45, 7) is 2.25. The Labute approximate surface area is 70.8 Å². The monoisotopic (exact) mass is 172 g/mol. The minimum atomic E-state index is -0.963. The Morgan fingerprint density at radius 2 is 2.17 bits per heavy atom. The first-order valence-corrected chi connectivity index (χ1v) is 3.72. The molecule has 0 aromatic heterocycles. The van der Waals surface area contributed by atoms with Crippen molar-refractivity contribution in [1.29, 1.82) is 0 Å². The molecule has 0 rings (SSSR count). The van der Waals surface area contributed by atoms with E-state index in [1.807, 2.05) is 6.92 Å². The van der Waals surface area contributed by atoms with Crippen LogP contribution < -0.4 is 0 Å². The van der Waals surface area contributed by atoms with Crippen molar-refractivity contribution in [1.82, 2.24) is 0 Å².